The molecule has 1 aromatic heterocycles. The number of anilines is 1. The zero-order valence-electron chi connectivity index (χ0n) is 12.4. The molecular formula is C16H18N2O3S. The summed E-state index contributed by atoms with van der Waals surface area (Å²) in [5.74, 6) is -0.335. The van der Waals surface area contributed by atoms with E-state index in [1.54, 1.807) is 44.3 Å². The second-order valence-corrected chi connectivity index (χ2v) is 5.90. The Bertz CT molecular complexity index is 638. The fourth-order valence-electron chi connectivity index (χ4n) is 1.82. The number of rotatable bonds is 5. The molecule has 5 nitrogen and oxygen atoms in total. The van der Waals surface area contributed by atoms with Gasteiger partial charge in [-0.3, -0.25) is 9.59 Å². The first-order chi connectivity index (χ1) is 10.5. The molecule has 0 fully saturated rings. The maximum absolute atomic E-state index is 12.2. The van der Waals surface area contributed by atoms with Gasteiger partial charge in [0.15, 0.2) is 0 Å². The van der Waals surface area contributed by atoms with Crippen molar-refractivity contribution in [3.05, 3.63) is 52.2 Å². The molecule has 0 bridgehead atoms. The van der Waals surface area contributed by atoms with Gasteiger partial charge in [-0.15, -0.1) is 11.3 Å². The van der Waals surface area contributed by atoms with Crippen LogP contribution in [0.25, 0.3) is 0 Å². The van der Waals surface area contributed by atoms with E-state index in [9.17, 15) is 9.59 Å². The lowest BCUT2D eigenvalue weighted by atomic mass is 10.1. The summed E-state index contributed by atoms with van der Waals surface area (Å²) >= 11 is 1.37. The fourth-order valence-corrected chi connectivity index (χ4v) is 2.44. The Balaban J connectivity index is 2.04. The minimum Gasteiger partial charge on any atom is -0.394 e. The van der Waals surface area contributed by atoms with Crippen molar-refractivity contribution in [1.82, 2.24) is 4.90 Å². The van der Waals surface area contributed by atoms with E-state index in [1.165, 1.54) is 16.2 Å². The van der Waals surface area contributed by atoms with Crippen molar-refractivity contribution in [2.24, 2.45) is 0 Å². The first-order valence-corrected chi connectivity index (χ1v) is 7.74. The van der Waals surface area contributed by atoms with Crippen LogP contribution in [0, 0.1) is 0 Å². The van der Waals surface area contributed by atoms with Crippen LogP contribution in [-0.2, 0) is 0 Å². The Morgan fingerprint density at radius 2 is 1.95 bits per heavy atom. The molecule has 0 spiro atoms. The largest absolute Gasteiger partial charge is 0.394 e. The molecule has 0 saturated carbocycles. The van der Waals surface area contributed by atoms with Gasteiger partial charge < -0.3 is 15.3 Å². The maximum Gasteiger partial charge on any atom is 0.265 e. The Hall–Kier alpha value is -2.18. The SMILES string of the molecule is CC(CO)N(C)C(=O)c1ccc(NC(=O)c2cccs2)cc1. The second-order valence-electron chi connectivity index (χ2n) is 4.96. The molecule has 1 atom stereocenters. The van der Waals surface area contributed by atoms with Gasteiger partial charge in [-0.05, 0) is 42.6 Å². The van der Waals surface area contributed by atoms with E-state index in [0.29, 0.717) is 16.1 Å². The van der Waals surface area contributed by atoms with Gasteiger partial charge in [-0.25, -0.2) is 0 Å². The number of aliphatic hydroxyl groups excluding tert-OH is 1. The van der Waals surface area contributed by atoms with Crippen LogP contribution >= 0.6 is 11.3 Å². The number of likely N-dealkylation sites (N-methyl/N-ethyl adjacent to an activating group) is 1. The molecule has 2 amide bonds. The van der Waals surface area contributed by atoms with Crippen molar-refractivity contribution < 1.29 is 14.7 Å². The molecule has 6 heteroatoms. The molecule has 22 heavy (non-hydrogen) atoms. The third-order valence-electron chi connectivity index (χ3n) is 3.38. The molecule has 0 aliphatic heterocycles. The van der Waals surface area contributed by atoms with Gasteiger partial charge >= 0.3 is 0 Å². The highest BCUT2D eigenvalue weighted by Gasteiger charge is 2.16. The van der Waals surface area contributed by atoms with Crippen molar-refractivity contribution >= 4 is 28.8 Å². The van der Waals surface area contributed by atoms with Gasteiger partial charge in [0.25, 0.3) is 11.8 Å². The molecule has 1 heterocycles. The second kappa shape index (κ2) is 7.20. The number of thiophene rings is 1. The summed E-state index contributed by atoms with van der Waals surface area (Å²) in [6, 6.07) is 10.0. The van der Waals surface area contributed by atoms with Gasteiger partial charge in [-0.1, -0.05) is 6.07 Å². The summed E-state index contributed by atoms with van der Waals surface area (Å²) in [4.78, 5) is 26.2. The lowest BCUT2D eigenvalue weighted by Crippen LogP contribution is -2.37. The molecule has 116 valence electrons. The van der Waals surface area contributed by atoms with Crippen molar-refractivity contribution in [1.29, 1.82) is 0 Å². The minimum absolute atomic E-state index is 0.0861. The van der Waals surface area contributed by atoms with Gasteiger partial charge in [-0.2, -0.15) is 0 Å². The third kappa shape index (κ3) is 3.72. The number of benzene rings is 1. The van der Waals surface area contributed by atoms with E-state index in [2.05, 4.69) is 5.32 Å². The minimum atomic E-state index is -0.245. The average molecular weight is 318 g/mol. The first kappa shape index (κ1) is 16.2. The average Bonchev–Trinajstić information content (AvgIpc) is 3.08. The fraction of sp³-hybridized carbons (Fsp3) is 0.250. The molecule has 2 N–H and O–H groups in total. The first-order valence-electron chi connectivity index (χ1n) is 6.86. The quantitative estimate of drug-likeness (QED) is 0.889. The van der Waals surface area contributed by atoms with Crippen LogP contribution in [0.3, 0.4) is 0 Å². The summed E-state index contributed by atoms with van der Waals surface area (Å²) in [7, 11) is 1.65. The smallest absolute Gasteiger partial charge is 0.265 e. The summed E-state index contributed by atoms with van der Waals surface area (Å²) in [5.41, 5.74) is 1.14. The normalized spacial score (nSPS) is 11.8. The number of carbonyl (C=O) groups is 2. The zero-order valence-corrected chi connectivity index (χ0v) is 13.3. The molecule has 0 aliphatic rings. The molecule has 0 saturated heterocycles. The summed E-state index contributed by atoms with van der Waals surface area (Å²) in [6.07, 6.45) is 0. The number of nitrogens with one attached hydrogen (secondary N) is 1. The molecule has 1 aromatic carbocycles. The van der Waals surface area contributed by atoms with E-state index >= 15 is 0 Å². The standard InChI is InChI=1S/C16H18N2O3S/c1-11(10-19)18(2)16(21)12-5-7-13(8-6-12)17-15(20)14-4-3-9-22-14/h3-9,11,19H,10H2,1-2H3,(H,17,20). The third-order valence-corrected chi connectivity index (χ3v) is 4.25. The lowest BCUT2D eigenvalue weighted by molar-refractivity contribution is 0.0682. The predicted octanol–water partition coefficient (Wildman–Crippen LogP) is 2.45. The van der Waals surface area contributed by atoms with E-state index in [4.69, 9.17) is 5.11 Å². The number of aliphatic hydroxyl groups is 1. The van der Waals surface area contributed by atoms with E-state index in [0.717, 1.165) is 0 Å². The van der Waals surface area contributed by atoms with Gasteiger partial charge in [0.1, 0.15) is 0 Å². The highest BCUT2D eigenvalue weighted by atomic mass is 32.1. The van der Waals surface area contributed by atoms with Crippen LogP contribution in [0.1, 0.15) is 27.0 Å². The molecule has 0 radical (unpaired) electrons. The van der Waals surface area contributed by atoms with Gasteiger partial charge in [0.2, 0.25) is 0 Å². The van der Waals surface area contributed by atoms with Crippen LogP contribution < -0.4 is 5.32 Å². The lowest BCUT2D eigenvalue weighted by Gasteiger charge is -2.23. The molecule has 2 rings (SSSR count). The van der Waals surface area contributed by atoms with Crippen molar-refractivity contribution in [3.8, 4) is 0 Å². The topological polar surface area (TPSA) is 69.6 Å². The van der Waals surface area contributed by atoms with E-state index in [-0.39, 0.29) is 24.5 Å². The zero-order chi connectivity index (χ0) is 16.1. The van der Waals surface area contributed by atoms with Crippen LogP contribution in [-0.4, -0.2) is 41.5 Å². The van der Waals surface area contributed by atoms with Crippen LogP contribution in [0.15, 0.2) is 41.8 Å². The van der Waals surface area contributed by atoms with Crippen LogP contribution in [0.4, 0.5) is 5.69 Å². The maximum atomic E-state index is 12.2. The van der Waals surface area contributed by atoms with E-state index in [1.807, 2.05) is 11.4 Å². The van der Waals surface area contributed by atoms with Crippen molar-refractivity contribution in [2.45, 2.75) is 13.0 Å². The number of carbonyl (C=O) groups excluding carboxylic acids is 2. The molecule has 2 aromatic rings. The van der Waals surface area contributed by atoms with Gasteiger partial charge in [0.05, 0.1) is 17.5 Å². The summed E-state index contributed by atoms with van der Waals surface area (Å²) in [6.45, 7) is 1.69. The highest BCUT2D eigenvalue weighted by molar-refractivity contribution is 7.12. The Morgan fingerprint density at radius 1 is 1.27 bits per heavy atom. The Kier molecular flexibility index (Phi) is 5.30. The number of hydrogen-bond donors (Lipinski definition) is 2. The summed E-state index contributed by atoms with van der Waals surface area (Å²) < 4.78 is 0. The van der Waals surface area contributed by atoms with Crippen molar-refractivity contribution in [3.63, 3.8) is 0 Å². The molecule has 1 unspecified atom stereocenters. The predicted molar refractivity (Wildman–Crippen MR) is 87.4 cm³/mol. The van der Waals surface area contributed by atoms with E-state index < -0.39 is 0 Å². The number of nitrogens with zero attached hydrogens (tertiary/aromatic N) is 1. The Labute approximate surface area is 133 Å². The number of hydrogen-bond acceptors (Lipinski definition) is 4. The van der Waals surface area contributed by atoms with Gasteiger partial charge in [0, 0.05) is 18.3 Å². The monoisotopic (exact) mass is 318 g/mol. The molecule has 0 aliphatic carbocycles. The summed E-state index contributed by atoms with van der Waals surface area (Å²) in [5, 5.41) is 13.7. The number of amides is 2. The van der Waals surface area contributed by atoms with Crippen LogP contribution in [0.2, 0.25) is 0 Å². The molecular weight excluding hydrogens is 300 g/mol. The highest BCUT2D eigenvalue weighted by Crippen LogP contribution is 2.15. The van der Waals surface area contributed by atoms with Crippen LogP contribution in [0.5, 0.6) is 0 Å². The Morgan fingerprint density at radius 3 is 2.50 bits per heavy atom. The van der Waals surface area contributed by atoms with Crippen molar-refractivity contribution in [2.75, 3.05) is 19.0 Å².